The van der Waals surface area contributed by atoms with Crippen LogP contribution in [0.25, 0.3) is 0 Å². The van der Waals surface area contributed by atoms with Crippen molar-refractivity contribution in [3.05, 3.63) is 0 Å². The molecule has 0 radical (unpaired) electrons. The predicted octanol–water partition coefficient (Wildman–Crippen LogP) is 4.53. The Balaban J connectivity index is 1.78. The zero-order valence-corrected chi connectivity index (χ0v) is 11.7. The molecule has 1 saturated heterocycles. The van der Waals surface area contributed by atoms with Crippen LogP contribution >= 0.6 is 0 Å². The number of rotatable bonds is 10. The highest BCUT2D eigenvalue weighted by molar-refractivity contribution is 4.64. The van der Waals surface area contributed by atoms with Crippen LogP contribution in [0.5, 0.6) is 0 Å². The molecule has 17 heavy (non-hydrogen) atoms. The van der Waals surface area contributed by atoms with Crippen LogP contribution in [0.2, 0.25) is 0 Å². The topological polar surface area (TPSA) is 18.5 Å². The summed E-state index contributed by atoms with van der Waals surface area (Å²) in [6.45, 7) is 6.24. The van der Waals surface area contributed by atoms with Crippen LogP contribution in [0.1, 0.15) is 71.6 Å². The molecule has 1 aliphatic heterocycles. The smallest absolute Gasteiger partial charge is 0.160 e. The lowest BCUT2D eigenvalue weighted by molar-refractivity contribution is -0.128. The zero-order valence-electron chi connectivity index (χ0n) is 11.7. The van der Waals surface area contributed by atoms with Crippen LogP contribution in [0.4, 0.5) is 0 Å². The molecule has 0 aromatic heterocycles. The van der Waals surface area contributed by atoms with E-state index < -0.39 is 0 Å². The van der Waals surface area contributed by atoms with Crippen molar-refractivity contribution in [2.75, 3.05) is 13.2 Å². The highest BCUT2D eigenvalue weighted by Crippen LogP contribution is 2.21. The summed E-state index contributed by atoms with van der Waals surface area (Å²) in [7, 11) is 0. The minimum absolute atomic E-state index is 0.0829. The molecule has 1 heterocycles. The van der Waals surface area contributed by atoms with Crippen LogP contribution in [-0.2, 0) is 9.47 Å². The predicted molar refractivity (Wildman–Crippen MR) is 72.1 cm³/mol. The summed E-state index contributed by atoms with van der Waals surface area (Å²) in [5, 5.41) is 0. The van der Waals surface area contributed by atoms with Crippen LogP contribution in [0.3, 0.4) is 0 Å². The van der Waals surface area contributed by atoms with Gasteiger partial charge in [-0.2, -0.15) is 0 Å². The minimum atomic E-state index is 0.0829. The summed E-state index contributed by atoms with van der Waals surface area (Å²) in [5.41, 5.74) is 0. The van der Waals surface area contributed by atoms with Gasteiger partial charge in [0.2, 0.25) is 0 Å². The van der Waals surface area contributed by atoms with Gasteiger partial charge in [0.05, 0.1) is 6.61 Å². The number of hydrogen-bond acceptors (Lipinski definition) is 2. The Morgan fingerprint density at radius 3 is 2.24 bits per heavy atom. The molecule has 0 aromatic carbocycles. The highest BCUT2D eigenvalue weighted by atomic mass is 16.7. The molecule has 2 heteroatoms. The molecule has 1 aliphatic rings. The Hall–Kier alpha value is -0.0800. The van der Waals surface area contributed by atoms with Crippen molar-refractivity contribution in [1.82, 2.24) is 0 Å². The molecular weight excluding hydrogens is 212 g/mol. The van der Waals surface area contributed by atoms with Gasteiger partial charge in [0.15, 0.2) is 6.29 Å². The first-order chi connectivity index (χ1) is 8.34. The Kier molecular flexibility index (Phi) is 8.72. The van der Waals surface area contributed by atoms with E-state index in [-0.39, 0.29) is 6.29 Å². The van der Waals surface area contributed by atoms with E-state index in [9.17, 15) is 0 Å². The molecule has 0 aliphatic carbocycles. The number of unbranched alkanes of at least 4 members (excludes halogenated alkanes) is 7. The van der Waals surface area contributed by atoms with Gasteiger partial charge < -0.3 is 9.47 Å². The highest BCUT2D eigenvalue weighted by Gasteiger charge is 2.24. The van der Waals surface area contributed by atoms with Gasteiger partial charge in [0.1, 0.15) is 0 Å². The molecule has 0 saturated carbocycles. The molecule has 0 N–H and O–H groups in total. The molecule has 0 bridgehead atoms. The summed E-state index contributed by atoms with van der Waals surface area (Å²) in [6, 6.07) is 0. The van der Waals surface area contributed by atoms with Crippen LogP contribution < -0.4 is 0 Å². The van der Waals surface area contributed by atoms with Crippen LogP contribution in [0, 0.1) is 5.92 Å². The molecular formula is C15H30O2. The lowest BCUT2D eigenvalue weighted by atomic mass is 10.1. The van der Waals surface area contributed by atoms with Crippen molar-refractivity contribution in [1.29, 1.82) is 0 Å². The van der Waals surface area contributed by atoms with Gasteiger partial charge in [-0.3, -0.25) is 0 Å². The fourth-order valence-electron chi connectivity index (χ4n) is 2.32. The van der Waals surface area contributed by atoms with E-state index in [1.54, 1.807) is 0 Å². The number of hydrogen-bond donors (Lipinski definition) is 0. The maximum Gasteiger partial charge on any atom is 0.160 e. The first-order valence-corrected chi connectivity index (χ1v) is 7.57. The van der Waals surface area contributed by atoms with Gasteiger partial charge in [-0.1, -0.05) is 58.8 Å². The lowest BCUT2D eigenvalue weighted by Crippen LogP contribution is -2.18. The largest absolute Gasteiger partial charge is 0.352 e. The zero-order chi connectivity index (χ0) is 12.3. The van der Waals surface area contributed by atoms with E-state index in [2.05, 4.69) is 13.8 Å². The van der Waals surface area contributed by atoms with Crippen molar-refractivity contribution in [3.63, 3.8) is 0 Å². The first-order valence-electron chi connectivity index (χ1n) is 7.57. The van der Waals surface area contributed by atoms with Crippen LogP contribution in [0.15, 0.2) is 0 Å². The van der Waals surface area contributed by atoms with E-state index in [0.717, 1.165) is 19.6 Å². The van der Waals surface area contributed by atoms with Gasteiger partial charge in [-0.25, -0.2) is 0 Å². The van der Waals surface area contributed by atoms with E-state index in [1.807, 2.05) is 0 Å². The second-order valence-electron chi connectivity index (χ2n) is 5.35. The maximum atomic E-state index is 5.74. The molecule has 2 atom stereocenters. The third kappa shape index (κ3) is 7.05. The quantitative estimate of drug-likeness (QED) is 0.524. The van der Waals surface area contributed by atoms with Crippen molar-refractivity contribution in [3.8, 4) is 0 Å². The first kappa shape index (κ1) is 15.0. The molecule has 102 valence electrons. The molecule has 1 rings (SSSR count). The summed E-state index contributed by atoms with van der Waals surface area (Å²) in [5.74, 6) is 0.587. The molecule has 1 fully saturated rings. The van der Waals surface area contributed by atoms with Crippen molar-refractivity contribution in [2.45, 2.75) is 77.9 Å². The fraction of sp³-hybridized carbons (Fsp3) is 1.00. The molecule has 2 nitrogen and oxygen atoms in total. The summed E-state index contributed by atoms with van der Waals surface area (Å²) in [6.07, 6.45) is 12.1. The SMILES string of the molecule is CCCCCCCCCCOC1OCCC1C. The van der Waals surface area contributed by atoms with Crippen molar-refractivity contribution < 1.29 is 9.47 Å². The Labute approximate surface area is 107 Å². The summed E-state index contributed by atoms with van der Waals surface area (Å²) >= 11 is 0. The average Bonchev–Trinajstić information content (AvgIpc) is 2.73. The molecule has 0 amide bonds. The normalized spacial score (nSPS) is 24.4. The summed E-state index contributed by atoms with van der Waals surface area (Å²) < 4.78 is 11.3. The van der Waals surface area contributed by atoms with Gasteiger partial charge in [0.25, 0.3) is 0 Å². The van der Waals surface area contributed by atoms with Gasteiger partial charge in [-0.15, -0.1) is 0 Å². The Bertz CT molecular complexity index is 170. The number of ether oxygens (including phenoxy) is 2. The summed E-state index contributed by atoms with van der Waals surface area (Å²) in [4.78, 5) is 0. The second kappa shape index (κ2) is 9.90. The van der Waals surface area contributed by atoms with E-state index in [1.165, 1.54) is 51.4 Å². The lowest BCUT2D eigenvalue weighted by Gasteiger charge is -2.15. The standard InChI is InChI=1S/C15H30O2/c1-3-4-5-6-7-8-9-10-12-16-15-14(2)11-13-17-15/h14-15H,3-13H2,1-2H3. The Morgan fingerprint density at radius 2 is 1.65 bits per heavy atom. The average molecular weight is 242 g/mol. The third-order valence-electron chi connectivity index (χ3n) is 3.60. The van der Waals surface area contributed by atoms with Gasteiger partial charge in [0, 0.05) is 12.5 Å². The Morgan fingerprint density at radius 1 is 1.00 bits per heavy atom. The van der Waals surface area contributed by atoms with Gasteiger partial charge in [-0.05, 0) is 12.8 Å². The minimum Gasteiger partial charge on any atom is -0.352 e. The monoisotopic (exact) mass is 242 g/mol. The fourth-order valence-corrected chi connectivity index (χ4v) is 2.32. The van der Waals surface area contributed by atoms with Crippen molar-refractivity contribution in [2.24, 2.45) is 5.92 Å². The van der Waals surface area contributed by atoms with Gasteiger partial charge >= 0.3 is 0 Å². The van der Waals surface area contributed by atoms with E-state index >= 15 is 0 Å². The van der Waals surface area contributed by atoms with E-state index in [0.29, 0.717) is 5.92 Å². The van der Waals surface area contributed by atoms with Crippen molar-refractivity contribution >= 4 is 0 Å². The second-order valence-corrected chi connectivity index (χ2v) is 5.35. The van der Waals surface area contributed by atoms with Crippen LogP contribution in [-0.4, -0.2) is 19.5 Å². The molecule has 0 aromatic rings. The third-order valence-corrected chi connectivity index (χ3v) is 3.60. The van der Waals surface area contributed by atoms with E-state index in [4.69, 9.17) is 9.47 Å². The molecule has 2 unspecified atom stereocenters. The molecule has 0 spiro atoms. The maximum absolute atomic E-state index is 5.74.